The van der Waals surface area contributed by atoms with Crippen LogP contribution in [0.2, 0.25) is 0 Å². The minimum atomic E-state index is -0.175. The minimum Gasteiger partial charge on any atom is -0.380 e. The zero-order valence-corrected chi connectivity index (χ0v) is 10.5. The Balaban J connectivity index is 0.000000288. The number of carbonyl (C=O) groups excluding carboxylic acids is 1. The molecule has 0 aromatic rings. The topological polar surface area (TPSA) is 64.3 Å². The average molecular weight is 230 g/mol. The summed E-state index contributed by atoms with van der Waals surface area (Å²) in [5, 5.41) is 3.22. The van der Waals surface area contributed by atoms with Gasteiger partial charge in [-0.15, -0.1) is 0 Å². The maximum absolute atomic E-state index is 10.2. The monoisotopic (exact) mass is 230 g/mol. The van der Waals surface area contributed by atoms with E-state index in [1.54, 1.807) is 0 Å². The van der Waals surface area contributed by atoms with Crippen LogP contribution in [-0.2, 0) is 9.53 Å². The Bertz CT molecular complexity index is 143. The summed E-state index contributed by atoms with van der Waals surface area (Å²) in [7, 11) is 0. The maximum atomic E-state index is 10.2. The fourth-order valence-corrected chi connectivity index (χ4v) is 1.40. The van der Waals surface area contributed by atoms with Crippen LogP contribution in [0.5, 0.6) is 0 Å². The van der Waals surface area contributed by atoms with Gasteiger partial charge < -0.3 is 15.8 Å². The molecule has 0 aromatic carbocycles. The highest BCUT2D eigenvalue weighted by molar-refractivity contribution is 5.73. The summed E-state index contributed by atoms with van der Waals surface area (Å²) in [6, 6.07) is 0. The Morgan fingerprint density at radius 3 is 2.75 bits per heavy atom. The van der Waals surface area contributed by atoms with Crippen LogP contribution in [-0.4, -0.2) is 32.2 Å². The lowest BCUT2D eigenvalue weighted by Gasteiger charge is -1.93. The summed E-state index contributed by atoms with van der Waals surface area (Å²) in [5.41, 5.74) is 4.94. The zero-order chi connectivity index (χ0) is 12.1. The lowest BCUT2D eigenvalue weighted by Crippen LogP contribution is -2.15. The van der Waals surface area contributed by atoms with Crippen molar-refractivity contribution in [1.82, 2.24) is 5.32 Å². The van der Waals surface area contributed by atoms with Crippen LogP contribution in [0, 0.1) is 0 Å². The van der Waals surface area contributed by atoms with Crippen LogP contribution in [0.25, 0.3) is 0 Å². The summed E-state index contributed by atoms with van der Waals surface area (Å²) in [4.78, 5) is 10.2. The third-order valence-corrected chi connectivity index (χ3v) is 2.34. The predicted molar refractivity (Wildman–Crippen MR) is 66.3 cm³/mol. The number of nitrogens with two attached hydrogens (primary N) is 1. The highest BCUT2D eigenvalue weighted by Gasteiger charge is 1.93. The molecule has 1 heterocycles. The van der Waals surface area contributed by atoms with Crippen molar-refractivity contribution in [2.45, 2.75) is 45.4 Å². The molecule has 1 fully saturated rings. The molecule has 0 radical (unpaired) electrons. The summed E-state index contributed by atoms with van der Waals surface area (Å²) < 4.78 is 5.13. The molecule has 96 valence electrons. The third-order valence-electron chi connectivity index (χ3n) is 2.34. The lowest BCUT2D eigenvalue weighted by atomic mass is 10.1. The van der Waals surface area contributed by atoms with Crippen LogP contribution < -0.4 is 11.1 Å². The molecule has 1 aliphatic heterocycles. The van der Waals surface area contributed by atoms with E-state index in [1.165, 1.54) is 19.3 Å². The van der Waals surface area contributed by atoms with Gasteiger partial charge in [0.2, 0.25) is 5.91 Å². The fourth-order valence-electron chi connectivity index (χ4n) is 1.40. The molecule has 4 nitrogen and oxygen atoms in total. The fraction of sp³-hybridized carbons (Fsp3) is 0.917. The highest BCUT2D eigenvalue weighted by atomic mass is 16.5. The van der Waals surface area contributed by atoms with Gasteiger partial charge in [0.15, 0.2) is 0 Å². The van der Waals surface area contributed by atoms with Crippen molar-refractivity contribution in [2.24, 2.45) is 5.73 Å². The van der Waals surface area contributed by atoms with E-state index in [4.69, 9.17) is 10.5 Å². The van der Waals surface area contributed by atoms with Gasteiger partial charge in [0.05, 0.1) is 6.61 Å². The first kappa shape index (κ1) is 15.4. The number of nitrogens with one attached hydrogen (secondary N) is 1. The molecule has 1 aliphatic rings. The number of ether oxygens (including phenoxy) is 1. The van der Waals surface area contributed by atoms with Gasteiger partial charge in [0.25, 0.3) is 0 Å². The first-order valence-corrected chi connectivity index (χ1v) is 6.34. The van der Waals surface area contributed by atoms with Crippen LogP contribution in [0.15, 0.2) is 0 Å². The molecule has 0 atom stereocenters. The van der Waals surface area contributed by atoms with Crippen molar-refractivity contribution in [3.8, 4) is 0 Å². The molecule has 0 unspecified atom stereocenters. The van der Waals surface area contributed by atoms with E-state index >= 15 is 0 Å². The predicted octanol–water partition coefficient (Wildman–Crippen LogP) is 1.44. The van der Waals surface area contributed by atoms with Crippen LogP contribution >= 0.6 is 0 Å². The van der Waals surface area contributed by atoms with Crippen molar-refractivity contribution in [2.75, 3.05) is 26.3 Å². The van der Waals surface area contributed by atoms with Crippen molar-refractivity contribution in [3.05, 3.63) is 0 Å². The molecule has 4 heteroatoms. The number of unbranched alkanes of at least 4 members (excludes halogenated alkanes) is 3. The van der Waals surface area contributed by atoms with Crippen molar-refractivity contribution >= 4 is 5.91 Å². The quantitative estimate of drug-likeness (QED) is 0.702. The van der Waals surface area contributed by atoms with E-state index in [9.17, 15) is 4.79 Å². The summed E-state index contributed by atoms with van der Waals surface area (Å²) >= 11 is 0. The Morgan fingerprint density at radius 1 is 1.25 bits per heavy atom. The molecule has 16 heavy (non-hydrogen) atoms. The Morgan fingerprint density at radius 2 is 2.06 bits per heavy atom. The molecule has 1 amide bonds. The number of primary amides is 1. The number of carbonyl (C=O) groups is 1. The van der Waals surface area contributed by atoms with Gasteiger partial charge in [0.1, 0.15) is 0 Å². The molecule has 3 N–H and O–H groups in total. The van der Waals surface area contributed by atoms with Gasteiger partial charge in [-0.25, -0.2) is 0 Å². The second kappa shape index (κ2) is 12.5. The van der Waals surface area contributed by atoms with Gasteiger partial charge in [0, 0.05) is 19.6 Å². The van der Waals surface area contributed by atoms with Crippen molar-refractivity contribution in [3.63, 3.8) is 0 Å². The maximum Gasteiger partial charge on any atom is 0.217 e. The SMILES string of the molecule is C1CNCCOC1.CCCCCCC(N)=O. The largest absolute Gasteiger partial charge is 0.380 e. The van der Waals surface area contributed by atoms with E-state index in [2.05, 4.69) is 12.2 Å². The van der Waals surface area contributed by atoms with Gasteiger partial charge in [-0.3, -0.25) is 4.79 Å². The van der Waals surface area contributed by atoms with Gasteiger partial charge in [-0.1, -0.05) is 26.2 Å². The first-order valence-electron chi connectivity index (χ1n) is 6.34. The molecule has 0 saturated carbocycles. The van der Waals surface area contributed by atoms with E-state index in [1.807, 2.05) is 0 Å². The Labute approximate surface area is 98.9 Å². The Hall–Kier alpha value is -0.610. The number of amides is 1. The highest BCUT2D eigenvalue weighted by Crippen LogP contribution is 2.00. The van der Waals surface area contributed by atoms with E-state index in [-0.39, 0.29) is 5.91 Å². The molecule has 0 spiro atoms. The van der Waals surface area contributed by atoms with Gasteiger partial charge >= 0.3 is 0 Å². The number of rotatable bonds is 5. The normalized spacial score (nSPS) is 15.8. The molecule has 0 aromatic heterocycles. The first-order chi connectivity index (χ1) is 7.77. The smallest absolute Gasteiger partial charge is 0.217 e. The standard InChI is InChI=1S/C7H15NO.C5H11NO/c1-2-3-4-5-6-7(8)9;1-2-6-3-5-7-4-1/h2-6H2,1H3,(H2,8,9);6H,1-5H2. The molecule has 1 saturated heterocycles. The molecular weight excluding hydrogens is 204 g/mol. The molecule has 1 rings (SSSR count). The second-order valence-electron chi connectivity index (χ2n) is 3.99. The molecule has 0 aliphatic carbocycles. The number of hydrogen-bond acceptors (Lipinski definition) is 3. The zero-order valence-electron chi connectivity index (χ0n) is 10.5. The van der Waals surface area contributed by atoms with Gasteiger partial charge in [-0.2, -0.15) is 0 Å². The third kappa shape index (κ3) is 13.4. The average Bonchev–Trinajstić information content (AvgIpc) is 2.57. The Kier molecular flexibility index (Phi) is 12.0. The van der Waals surface area contributed by atoms with Crippen LogP contribution in [0.4, 0.5) is 0 Å². The summed E-state index contributed by atoms with van der Waals surface area (Å²) in [5.74, 6) is -0.175. The summed E-state index contributed by atoms with van der Waals surface area (Å²) in [6.07, 6.45) is 6.24. The van der Waals surface area contributed by atoms with E-state index in [0.29, 0.717) is 6.42 Å². The van der Waals surface area contributed by atoms with Gasteiger partial charge in [-0.05, 0) is 19.4 Å². The van der Waals surface area contributed by atoms with E-state index in [0.717, 1.165) is 39.1 Å². The van der Waals surface area contributed by atoms with Crippen LogP contribution in [0.3, 0.4) is 0 Å². The van der Waals surface area contributed by atoms with Crippen molar-refractivity contribution in [1.29, 1.82) is 0 Å². The molecule has 0 bridgehead atoms. The molecular formula is C12H26N2O2. The minimum absolute atomic E-state index is 0.175. The van der Waals surface area contributed by atoms with Crippen molar-refractivity contribution < 1.29 is 9.53 Å². The lowest BCUT2D eigenvalue weighted by molar-refractivity contribution is -0.118. The summed E-state index contributed by atoms with van der Waals surface area (Å²) in [6.45, 7) is 6.12. The van der Waals surface area contributed by atoms with Crippen LogP contribution in [0.1, 0.15) is 45.4 Å². The second-order valence-corrected chi connectivity index (χ2v) is 3.99. The van der Waals surface area contributed by atoms with E-state index < -0.39 is 0 Å². The number of hydrogen-bond donors (Lipinski definition) is 2.